The minimum atomic E-state index is -1.82. The average Bonchev–Trinajstić information content (AvgIpc) is 3.69. The highest BCUT2D eigenvalue weighted by molar-refractivity contribution is 9.10. The predicted octanol–water partition coefficient (Wildman–Crippen LogP) is 4.38. The van der Waals surface area contributed by atoms with Gasteiger partial charge in [0.2, 0.25) is 5.91 Å². The number of aromatic nitrogens is 2. The first kappa shape index (κ1) is 29.1. The number of aliphatic hydroxyl groups is 2. The second-order valence-electron chi connectivity index (χ2n) is 11.3. The molecule has 43 heavy (non-hydrogen) atoms. The predicted molar refractivity (Wildman–Crippen MR) is 168 cm³/mol. The highest BCUT2D eigenvalue weighted by Crippen LogP contribution is 2.46. The molecule has 2 amide bonds. The van der Waals surface area contributed by atoms with E-state index >= 15 is 0 Å². The number of amides is 2. The van der Waals surface area contributed by atoms with Crippen LogP contribution in [0.25, 0.3) is 16.6 Å². The molecule has 222 valence electrons. The zero-order chi connectivity index (χ0) is 30.3. The topological polar surface area (TPSA) is 119 Å². The first-order valence-electron chi connectivity index (χ1n) is 14.4. The standard InChI is InChI=1S/C33H33BrN4O5/c1-21(6-4-10-30(40)36-17-5-7-25(36)20-39)33(43)27-18-23(34)13-16-29(27)37(32(33)42)19-22-11-14-24(15-12-22)38-31(41)26-8-2-3-9-28(26)35-38/h2-4,6,8-9,11-16,18,21,25,35,39,43H,5,7,10,17,19-20H2,1H3/b6-4+/t21-,25-,33+/m0/s1. The molecule has 2 aliphatic heterocycles. The summed E-state index contributed by atoms with van der Waals surface area (Å²) in [5.41, 5.74) is 1.40. The SMILES string of the molecule is C[C@@H](/C=C/CC(=O)N1CCC[C@H]1CO)[C@]1(O)C(=O)N(Cc2ccc(-n3[nH]c4ccccc4c3=O)cc2)c2ccc(Br)cc21. The Balaban J connectivity index is 1.22. The van der Waals surface area contributed by atoms with Crippen molar-refractivity contribution in [2.45, 2.75) is 44.4 Å². The summed E-state index contributed by atoms with van der Waals surface area (Å²) in [6.45, 7) is 2.58. The van der Waals surface area contributed by atoms with E-state index in [4.69, 9.17) is 0 Å². The number of hydrogen-bond acceptors (Lipinski definition) is 5. The molecule has 1 saturated heterocycles. The summed E-state index contributed by atoms with van der Waals surface area (Å²) in [6.07, 6.45) is 5.22. The van der Waals surface area contributed by atoms with Crippen molar-refractivity contribution < 1.29 is 19.8 Å². The van der Waals surface area contributed by atoms with E-state index in [-0.39, 0.29) is 37.1 Å². The maximum atomic E-state index is 13.9. The maximum Gasteiger partial charge on any atom is 0.279 e. The van der Waals surface area contributed by atoms with Crippen molar-refractivity contribution in [3.05, 3.63) is 105 Å². The molecular weight excluding hydrogens is 612 g/mol. The number of anilines is 1. The van der Waals surface area contributed by atoms with Gasteiger partial charge in [-0.1, -0.05) is 59.3 Å². The third-order valence-electron chi connectivity index (χ3n) is 8.64. The largest absolute Gasteiger partial charge is 0.394 e. The number of nitrogens with one attached hydrogen (secondary N) is 1. The number of carbonyl (C=O) groups excluding carboxylic acids is 2. The molecule has 2 aliphatic rings. The molecule has 6 rings (SSSR count). The van der Waals surface area contributed by atoms with Crippen LogP contribution in [0, 0.1) is 5.92 Å². The Kier molecular flexibility index (Phi) is 7.85. The van der Waals surface area contributed by atoms with Gasteiger partial charge in [-0.25, -0.2) is 4.68 Å². The number of aliphatic hydroxyl groups excluding tert-OH is 1. The normalized spacial score (nSPS) is 20.8. The highest BCUT2D eigenvalue weighted by atomic mass is 79.9. The van der Waals surface area contributed by atoms with Crippen LogP contribution in [0.5, 0.6) is 0 Å². The van der Waals surface area contributed by atoms with Crippen molar-refractivity contribution in [2.24, 2.45) is 5.92 Å². The molecule has 0 saturated carbocycles. The number of rotatable bonds is 8. The Labute approximate surface area is 257 Å². The van der Waals surface area contributed by atoms with Crippen molar-refractivity contribution in [3.63, 3.8) is 0 Å². The van der Waals surface area contributed by atoms with Gasteiger partial charge in [0.1, 0.15) is 0 Å². The summed E-state index contributed by atoms with van der Waals surface area (Å²) in [7, 11) is 0. The third-order valence-corrected chi connectivity index (χ3v) is 9.14. The molecule has 0 aliphatic carbocycles. The van der Waals surface area contributed by atoms with E-state index in [2.05, 4.69) is 21.0 Å². The van der Waals surface area contributed by atoms with Crippen LogP contribution in [0.15, 0.2) is 88.1 Å². The van der Waals surface area contributed by atoms with Crippen molar-refractivity contribution in [1.82, 2.24) is 14.7 Å². The molecule has 10 heteroatoms. The van der Waals surface area contributed by atoms with Gasteiger partial charge in [0, 0.05) is 28.9 Å². The molecule has 0 radical (unpaired) electrons. The van der Waals surface area contributed by atoms with Gasteiger partial charge in [-0.2, -0.15) is 0 Å². The van der Waals surface area contributed by atoms with E-state index in [0.29, 0.717) is 28.9 Å². The Bertz CT molecular complexity index is 1780. The fraction of sp³-hybridized carbons (Fsp3) is 0.303. The molecule has 3 heterocycles. The van der Waals surface area contributed by atoms with Gasteiger partial charge in [-0.05, 0) is 60.9 Å². The van der Waals surface area contributed by atoms with Crippen LogP contribution in [0.3, 0.4) is 0 Å². The molecule has 4 aromatic rings. The number of nitrogens with zero attached hydrogens (tertiary/aromatic N) is 3. The number of carbonyl (C=O) groups is 2. The van der Waals surface area contributed by atoms with E-state index in [1.54, 1.807) is 41.0 Å². The Morgan fingerprint density at radius 1 is 1.14 bits per heavy atom. The minimum absolute atomic E-state index is 0.0497. The minimum Gasteiger partial charge on any atom is -0.394 e. The summed E-state index contributed by atoms with van der Waals surface area (Å²) < 4.78 is 2.23. The van der Waals surface area contributed by atoms with Crippen LogP contribution in [-0.2, 0) is 21.7 Å². The Morgan fingerprint density at radius 2 is 1.91 bits per heavy atom. The van der Waals surface area contributed by atoms with Gasteiger partial charge in [-0.3, -0.25) is 19.5 Å². The van der Waals surface area contributed by atoms with Crippen LogP contribution in [-0.4, -0.2) is 55.9 Å². The number of hydrogen-bond donors (Lipinski definition) is 3. The van der Waals surface area contributed by atoms with Gasteiger partial charge in [-0.15, -0.1) is 0 Å². The maximum absolute atomic E-state index is 13.9. The number of likely N-dealkylation sites (tertiary alicyclic amines) is 1. The van der Waals surface area contributed by atoms with E-state index in [1.165, 1.54) is 4.68 Å². The number of halogens is 1. The number of aromatic amines is 1. The average molecular weight is 646 g/mol. The van der Waals surface area contributed by atoms with Crippen LogP contribution in [0.1, 0.15) is 37.3 Å². The summed E-state index contributed by atoms with van der Waals surface area (Å²) >= 11 is 3.48. The molecule has 0 spiro atoms. The zero-order valence-electron chi connectivity index (χ0n) is 23.7. The van der Waals surface area contributed by atoms with Crippen molar-refractivity contribution in [3.8, 4) is 5.69 Å². The van der Waals surface area contributed by atoms with E-state index in [0.717, 1.165) is 28.4 Å². The van der Waals surface area contributed by atoms with Gasteiger partial charge in [0.25, 0.3) is 11.5 Å². The molecule has 1 fully saturated rings. The fourth-order valence-electron chi connectivity index (χ4n) is 6.23. The fourth-order valence-corrected chi connectivity index (χ4v) is 6.59. The lowest BCUT2D eigenvalue weighted by Crippen LogP contribution is -2.44. The van der Waals surface area contributed by atoms with E-state index in [9.17, 15) is 24.6 Å². The molecule has 0 bridgehead atoms. The summed E-state index contributed by atoms with van der Waals surface area (Å²) in [4.78, 5) is 42.8. The lowest BCUT2D eigenvalue weighted by atomic mass is 9.83. The smallest absolute Gasteiger partial charge is 0.279 e. The van der Waals surface area contributed by atoms with Gasteiger partial charge in [0.05, 0.1) is 41.5 Å². The molecular formula is C33H33BrN4O5. The molecule has 1 aromatic heterocycles. The monoisotopic (exact) mass is 644 g/mol. The summed E-state index contributed by atoms with van der Waals surface area (Å²) in [6, 6.07) is 20.0. The van der Waals surface area contributed by atoms with E-state index in [1.807, 2.05) is 54.6 Å². The number of para-hydroxylation sites is 1. The number of fused-ring (bicyclic) bond motifs is 2. The molecule has 3 aromatic carbocycles. The first-order chi connectivity index (χ1) is 20.7. The summed E-state index contributed by atoms with van der Waals surface area (Å²) in [5.74, 6) is -1.14. The quantitative estimate of drug-likeness (QED) is 0.246. The van der Waals surface area contributed by atoms with Gasteiger partial charge >= 0.3 is 0 Å². The first-order valence-corrected chi connectivity index (χ1v) is 15.2. The van der Waals surface area contributed by atoms with Crippen molar-refractivity contribution >= 4 is 44.3 Å². The van der Waals surface area contributed by atoms with Crippen molar-refractivity contribution in [2.75, 3.05) is 18.1 Å². The van der Waals surface area contributed by atoms with Crippen LogP contribution < -0.4 is 10.5 Å². The summed E-state index contributed by atoms with van der Waals surface area (Å²) in [5, 5.41) is 25.3. The van der Waals surface area contributed by atoms with Crippen molar-refractivity contribution in [1.29, 1.82) is 0 Å². The molecule has 3 N–H and O–H groups in total. The van der Waals surface area contributed by atoms with E-state index < -0.39 is 17.4 Å². The number of H-pyrrole nitrogens is 1. The molecule has 0 unspecified atom stereocenters. The van der Waals surface area contributed by atoms with Gasteiger partial charge in [0.15, 0.2) is 5.60 Å². The highest BCUT2D eigenvalue weighted by Gasteiger charge is 2.52. The molecule has 9 nitrogen and oxygen atoms in total. The van der Waals surface area contributed by atoms with Crippen LogP contribution in [0.2, 0.25) is 0 Å². The van der Waals surface area contributed by atoms with Crippen LogP contribution >= 0.6 is 15.9 Å². The number of benzene rings is 3. The third kappa shape index (κ3) is 5.13. The van der Waals surface area contributed by atoms with Crippen LogP contribution in [0.4, 0.5) is 5.69 Å². The second kappa shape index (κ2) is 11.6. The zero-order valence-corrected chi connectivity index (χ0v) is 25.3. The Morgan fingerprint density at radius 3 is 2.65 bits per heavy atom. The lowest BCUT2D eigenvalue weighted by molar-refractivity contribution is -0.139. The molecule has 3 atom stereocenters. The Hall–Kier alpha value is -3.99. The lowest BCUT2D eigenvalue weighted by Gasteiger charge is -2.28. The second-order valence-corrected chi connectivity index (χ2v) is 12.2. The van der Waals surface area contributed by atoms with Gasteiger partial charge < -0.3 is 20.0 Å².